The zero-order chi connectivity index (χ0) is 11.1. The normalized spacial score (nSPS) is 19.6. The van der Waals surface area contributed by atoms with E-state index >= 15 is 0 Å². The Morgan fingerprint density at radius 2 is 2.20 bits per heavy atom. The molecule has 1 aromatic rings. The van der Waals surface area contributed by atoms with Gasteiger partial charge in [0, 0.05) is 25.2 Å². The maximum atomic E-state index is 13.2. The molecule has 1 fully saturated rings. The summed E-state index contributed by atoms with van der Waals surface area (Å²) >= 11 is 1.81. The molecular weight excluding hydrogens is 320 g/mol. The molecule has 0 saturated carbocycles. The highest BCUT2D eigenvalue weighted by atomic mass is 127. The van der Waals surface area contributed by atoms with E-state index in [-0.39, 0.29) is 25.3 Å². The van der Waals surface area contributed by atoms with Gasteiger partial charge in [-0.1, -0.05) is 0 Å². The molecule has 0 bridgehead atoms. The van der Waals surface area contributed by atoms with E-state index in [0.717, 1.165) is 0 Å². The summed E-state index contributed by atoms with van der Waals surface area (Å²) in [6.45, 7) is -0.153. The molecule has 0 atom stereocenters. The molecule has 0 aliphatic carbocycles. The third-order valence-electron chi connectivity index (χ3n) is 2.29. The van der Waals surface area contributed by atoms with Crippen molar-refractivity contribution in [1.82, 2.24) is 4.98 Å². The Kier molecular flexibility index (Phi) is 2.78. The first-order chi connectivity index (χ1) is 6.98. The summed E-state index contributed by atoms with van der Waals surface area (Å²) in [5.41, 5.74) is 0. The van der Waals surface area contributed by atoms with Gasteiger partial charge in [0.25, 0.3) is 5.92 Å². The summed E-state index contributed by atoms with van der Waals surface area (Å²) < 4.78 is 39.3. The van der Waals surface area contributed by atoms with Crippen molar-refractivity contribution >= 4 is 28.4 Å². The monoisotopic (exact) mass is 328 g/mol. The predicted octanol–water partition coefficient (Wildman–Crippen LogP) is 2.67. The standard InChI is InChI=1S/C9H8F3IN2/c10-6-3-8(14-4-7(6)13)15-2-1-9(11,12)5-15/h3-4H,1-2,5H2. The number of rotatable bonds is 1. The molecule has 0 N–H and O–H groups in total. The Labute approximate surface area is 98.6 Å². The number of aromatic nitrogens is 1. The lowest BCUT2D eigenvalue weighted by Crippen LogP contribution is -2.25. The van der Waals surface area contributed by atoms with Crippen molar-refractivity contribution in [2.75, 3.05) is 18.0 Å². The van der Waals surface area contributed by atoms with E-state index in [1.807, 2.05) is 0 Å². The van der Waals surface area contributed by atoms with Crippen LogP contribution >= 0.6 is 22.6 Å². The van der Waals surface area contributed by atoms with Gasteiger partial charge in [0.15, 0.2) is 0 Å². The molecule has 2 heterocycles. The fourth-order valence-corrected chi connectivity index (χ4v) is 1.80. The van der Waals surface area contributed by atoms with Crippen LogP contribution in [-0.4, -0.2) is 24.0 Å². The Bertz CT molecular complexity index is 384. The fourth-order valence-electron chi connectivity index (χ4n) is 1.51. The second-order valence-electron chi connectivity index (χ2n) is 3.48. The average Bonchev–Trinajstić information content (AvgIpc) is 2.51. The van der Waals surface area contributed by atoms with Crippen molar-refractivity contribution in [2.24, 2.45) is 0 Å². The van der Waals surface area contributed by atoms with Crippen LogP contribution in [0.4, 0.5) is 19.0 Å². The van der Waals surface area contributed by atoms with E-state index in [1.165, 1.54) is 17.2 Å². The van der Waals surface area contributed by atoms with Crippen molar-refractivity contribution in [3.05, 3.63) is 21.7 Å². The predicted molar refractivity (Wildman–Crippen MR) is 58.7 cm³/mol. The molecule has 1 aliphatic heterocycles. The van der Waals surface area contributed by atoms with Crippen molar-refractivity contribution in [3.8, 4) is 0 Å². The van der Waals surface area contributed by atoms with Crippen molar-refractivity contribution in [2.45, 2.75) is 12.3 Å². The summed E-state index contributed by atoms with van der Waals surface area (Å²) in [6, 6.07) is 1.20. The van der Waals surface area contributed by atoms with Gasteiger partial charge in [-0.05, 0) is 22.6 Å². The van der Waals surface area contributed by atoms with E-state index in [9.17, 15) is 13.2 Å². The highest BCUT2D eigenvalue weighted by Crippen LogP contribution is 2.30. The highest BCUT2D eigenvalue weighted by Gasteiger charge is 2.38. The van der Waals surface area contributed by atoms with E-state index in [2.05, 4.69) is 4.98 Å². The van der Waals surface area contributed by atoms with Crippen LogP contribution in [0.15, 0.2) is 12.3 Å². The Hall–Kier alpha value is -0.530. The minimum Gasteiger partial charge on any atom is -0.350 e. The number of anilines is 1. The molecule has 2 rings (SSSR count). The van der Waals surface area contributed by atoms with Gasteiger partial charge < -0.3 is 4.90 Å². The number of hydrogen-bond acceptors (Lipinski definition) is 2. The molecule has 82 valence electrons. The zero-order valence-corrected chi connectivity index (χ0v) is 9.84. The number of alkyl halides is 2. The first-order valence-corrected chi connectivity index (χ1v) is 5.50. The SMILES string of the molecule is Fc1cc(N2CCC(F)(F)C2)ncc1I. The van der Waals surface area contributed by atoms with E-state index in [1.54, 1.807) is 22.6 Å². The Balaban J connectivity index is 2.21. The summed E-state index contributed by atoms with van der Waals surface area (Å²) in [5, 5.41) is 0. The van der Waals surface area contributed by atoms with E-state index in [4.69, 9.17) is 0 Å². The summed E-state index contributed by atoms with van der Waals surface area (Å²) in [6.07, 6.45) is 1.16. The van der Waals surface area contributed by atoms with E-state index < -0.39 is 11.7 Å². The van der Waals surface area contributed by atoms with Crippen molar-refractivity contribution in [3.63, 3.8) is 0 Å². The van der Waals surface area contributed by atoms with Crippen LogP contribution in [0.5, 0.6) is 0 Å². The minimum atomic E-state index is -2.68. The zero-order valence-electron chi connectivity index (χ0n) is 7.68. The molecule has 0 unspecified atom stereocenters. The molecule has 15 heavy (non-hydrogen) atoms. The van der Waals surface area contributed by atoms with Crippen molar-refractivity contribution in [1.29, 1.82) is 0 Å². The van der Waals surface area contributed by atoms with Crippen LogP contribution in [0, 0.1) is 9.39 Å². The third kappa shape index (κ3) is 2.35. The fraction of sp³-hybridized carbons (Fsp3) is 0.444. The topological polar surface area (TPSA) is 16.1 Å². The summed E-state index contributed by atoms with van der Waals surface area (Å²) in [7, 11) is 0. The highest BCUT2D eigenvalue weighted by molar-refractivity contribution is 14.1. The molecule has 0 radical (unpaired) electrons. The Morgan fingerprint density at radius 1 is 1.47 bits per heavy atom. The first kappa shape index (κ1) is 11.0. The van der Waals surface area contributed by atoms with Crippen LogP contribution in [0.25, 0.3) is 0 Å². The quantitative estimate of drug-likeness (QED) is 0.737. The molecule has 1 aliphatic rings. The molecule has 1 aromatic heterocycles. The average molecular weight is 328 g/mol. The number of pyridine rings is 1. The van der Waals surface area contributed by atoms with Gasteiger partial charge in [0.05, 0.1) is 10.1 Å². The maximum absolute atomic E-state index is 13.2. The summed E-state index contributed by atoms with van der Waals surface area (Å²) in [5.74, 6) is -2.82. The first-order valence-electron chi connectivity index (χ1n) is 4.42. The third-order valence-corrected chi connectivity index (χ3v) is 3.08. The Morgan fingerprint density at radius 3 is 2.73 bits per heavy atom. The van der Waals surface area contributed by atoms with Crippen LogP contribution in [0.1, 0.15) is 6.42 Å². The van der Waals surface area contributed by atoms with Crippen LogP contribution in [0.2, 0.25) is 0 Å². The minimum absolute atomic E-state index is 0.192. The van der Waals surface area contributed by atoms with Crippen LogP contribution in [-0.2, 0) is 0 Å². The molecular formula is C9H8F3IN2. The molecule has 0 aromatic carbocycles. The van der Waals surface area contributed by atoms with Crippen LogP contribution < -0.4 is 4.90 Å². The number of hydrogen-bond donors (Lipinski definition) is 0. The summed E-state index contributed by atoms with van der Waals surface area (Å²) in [4.78, 5) is 5.33. The second kappa shape index (κ2) is 3.80. The molecule has 2 nitrogen and oxygen atoms in total. The van der Waals surface area contributed by atoms with Gasteiger partial charge in [-0.3, -0.25) is 0 Å². The second-order valence-corrected chi connectivity index (χ2v) is 4.65. The van der Waals surface area contributed by atoms with Crippen molar-refractivity contribution < 1.29 is 13.2 Å². The number of nitrogens with zero attached hydrogens (tertiary/aromatic N) is 2. The van der Waals surface area contributed by atoms with Crippen LogP contribution in [0.3, 0.4) is 0 Å². The largest absolute Gasteiger partial charge is 0.350 e. The lowest BCUT2D eigenvalue weighted by Gasteiger charge is -2.16. The van der Waals surface area contributed by atoms with Gasteiger partial charge in [-0.15, -0.1) is 0 Å². The van der Waals surface area contributed by atoms with Gasteiger partial charge in [0.1, 0.15) is 11.6 Å². The van der Waals surface area contributed by atoms with Gasteiger partial charge >= 0.3 is 0 Å². The van der Waals surface area contributed by atoms with Gasteiger partial charge in [-0.25, -0.2) is 18.2 Å². The molecule has 1 saturated heterocycles. The molecule has 0 amide bonds. The smallest absolute Gasteiger partial charge is 0.266 e. The maximum Gasteiger partial charge on any atom is 0.266 e. The van der Waals surface area contributed by atoms with Gasteiger partial charge in [-0.2, -0.15) is 0 Å². The molecule has 6 heteroatoms. The lowest BCUT2D eigenvalue weighted by molar-refractivity contribution is 0.0256. The van der Waals surface area contributed by atoms with E-state index in [0.29, 0.717) is 3.57 Å². The van der Waals surface area contributed by atoms with Gasteiger partial charge in [0.2, 0.25) is 0 Å². The lowest BCUT2D eigenvalue weighted by atomic mass is 10.3. The molecule has 0 spiro atoms. The number of halogens is 4.